The molecule has 0 radical (unpaired) electrons. The van der Waals surface area contributed by atoms with E-state index >= 15 is 0 Å². The van der Waals surface area contributed by atoms with Crippen molar-refractivity contribution in [3.05, 3.63) is 77.7 Å². The molecule has 3 aromatic rings. The number of likely N-dealkylation sites (tertiary alicyclic amines) is 1. The van der Waals surface area contributed by atoms with Crippen LogP contribution in [-0.2, 0) is 4.79 Å². The number of carbonyl (C=O) groups is 2. The van der Waals surface area contributed by atoms with Crippen molar-refractivity contribution < 1.29 is 14.0 Å². The average Bonchev–Trinajstić information content (AvgIpc) is 3.11. The number of nitrogens with two attached hydrogens (primary N) is 1. The maximum atomic E-state index is 13.5. The highest BCUT2D eigenvalue weighted by molar-refractivity contribution is 5.97. The van der Waals surface area contributed by atoms with Gasteiger partial charge in [-0.25, -0.2) is 4.39 Å². The van der Waals surface area contributed by atoms with E-state index in [4.69, 9.17) is 5.73 Å². The molecular weight excluding hydrogens is 381 g/mol. The Morgan fingerprint density at radius 1 is 1.00 bits per heavy atom. The summed E-state index contributed by atoms with van der Waals surface area (Å²) in [5, 5.41) is 0. The lowest BCUT2D eigenvalue weighted by Crippen LogP contribution is -2.41. The number of carbonyl (C=O) groups excluding carboxylic acids is 2. The number of nitrogens with zero attached hydrogens (tertiary/aromatic N) is 2. The topological polar surface area (TPSA) is 68.3 Å². The fourth-order valence-electron chi connectivity index (χ4n) is 4.11. The highest BCUT2D eigenvalue weighted by Gasteiger charge is 2.29. The molecule has 1 aliphatic rings. The Balaban J connectivity index is 1.73. The molecule has 1 saturated heterocycles. The van der Waals surface area contributed by atoms with Gasteiger partial charge in [0.05, 0.1) is 11.3 Å². The van der Waals surface area contributed by atoms with E-state index in [0.29, 0.717) is 31.5 Å². The number of amides is 2. The summed E-state index contributed by atoms with van der Waals surface area (Å²) >= 11 is 0. The van der Waals surface area contributed by atoms with Crippen LogP contribution in [0, 0.1) is 18.7 Å². The molecule has 0 unspecified atom stereocenters. The molecule has 2 amide bonds. The van der Waals surface area contributed by atoms with Gasteiger partial charge in [-0.3, -0.25) is 9.59 Å². The summed E-state index contributed by atoms with van der Waals surface area (Å²) in [7, 11) is 0. The Kier molecular flexibility index (Phi) is 5.40. The molecule has 0 spiro atoms. The van der Waals surface area contributed by atoms with Gasteiger partial charge in [-0.15, -0.1) is 0 Å². The van der Waals surface area contributed by atoms with Crippen LogP contribution in [0.3, 0.4) is 0 Å². The zero-order valence-electron chi connectivity index (χ0n) is 16.8. The summed E-state index contributed by atoms with van der Waals surface area (Å²) in [6.07, 6.45) is 1.18. The molecule has 1 aliphatic heterocycles. The highest BCUT2D eigenvalue weighted by Crippen LogP contribution is 2.31. The second-order valence-electron chi connectivity index (χ2n) is 7.68. The van der Waals surface area contributed by atoms with Gasteiger partial charge in [0, 0.05) is 30.4 Å². The summed E-state index contributed by atoms with van der Waals surface area (Å²) in [6.45, 7) is 2.92. The normalized spacial score (nSPS) is 14.7. The van der Waals surface area contributed by atoms with Crippen molar-refractivity contribution in [3.8, 4) is 16.9 Å². The number of piperidine rings is 1. The Morgan fingerprint density at radius 2 is 1.63 bits per heavy atom. The van der Waals surface area contributed by atoms with Gasteiger partial charge < -0.3 is 15.2 Å². The third-order valence-corrected chi connectivity index (χ3v) is 5.82. The largest absolute Gasteiger partial charge is 0.369 e. The molecular formula is C24H24FN3O2. The van der Waals surface area contributed by atoms with E-state index in [1.807, 2.05) is 47.9 Å². The Labute approximate surface area is 174 Å². The predicted molar refractivity (Wildman–Crippen MR) is 114 cm³/mol. The van der Waals surface area contributed by atoms with Crippen LogP contribution in [0.25, 0.3) is 16.9 Å². The molecule has 2 aromatic carbocycles. The van der Waals surface area contributed by atoms with Crippen LogP contribution in [0.2, 0.25) is 0 Å². The second kappa shape index (κ2) is 8.14. The second-order valence-corrected chi connectivity index (χ2v) is 7.68. The third kappa shape index (κ3) is 3.73. The maximum Gasteiger partial charge on any atom is 0.255 e. The summed E-state index contributed by atoms with van der Waals surface area (Å²) in [6, 6.07) is 18.0. The van der Waals surface area contributed by atoms with Gasteiger partial charge in [-0.2, -0.15) is 0 Å². The Bertz CT molecular complexity index is 1070. The summed E-state index contributed by atoms with van der Waals surface area (Å²) < 4.78 is 15.5. The first kappa shape index (κ1) is 19.9. The smallest absolute Gasteiger partial charge is 0.255 e. The molecule has 6 heteroatoms. The lowest BCUT2D eigenvalue weighted by molar-refractivity contribution is -0.123. The molecule has 1 aromatic heterocycles. The summed E-state index contributed by atoms with van der Waals surface area (Å²) in [5.74, 6) is -0.835. The first-order chi connectivity index (χ1) is 14.5. The van der Waals surface area contributed by atoms with Crippen LogP contribution < -0.4 is 5.73 Å². The van der Waals surface area contributed by atoms with Gasteiger partial charge in [-0.1, -0.05) is 30.3 Å². The lowest BCUT2D eigenvalue weighted by Gasteiger charge is -2.30. The first-order valence-corrected chi connectivity index (χ1v) is 10.1. The van der Waals surface area contributed by atoms with Crippen molar-refractivity contribution in [1.29, 1.82) is 0 Å². The average molecular weight is 405 g/mol. The van der Waals surface area contributed by atoms with E-state index in [0.717, 1.165) is 22.6 Å². The molecule has 5 nitrogen and oxygen atoms in total. The van der Waals surface area contributed by atoms with Gasteiger partial charge in [-0.05, 0) is 55.7 Å². The van der Waals surface area contributed by atoms with Crippen molar-refractivity contribution >= 4 is 11.8 Å². The number of rotatable bonds is 4. The Hall–Kier alpha value is -3.41. The van der Waals surface area contributed by atoms with E-state index in [1.165, 1.54) is 12.1 Å². The van der Waals surface area contributed by atoms with Crippen LogP contribution in [0.5, 0.6) is 0 Å². The quantitative estimate of drug-likeness (QED) is 0.715. The van der Waals surface area contributed by atoms with Crippen LogP contribution in [0.15, 0.2) is 60.7 Å². The molecule has 2 heterocycles. The molecule has 1 fully saturated rings. The van der Waals surface area contributed by atoms with E-state index in [2.05, 4.69) is 0 Å². The molecule has 30 heavy (non-hydrogen) atoms. The number of aromatic nitrogens is 1. The van der Waals surface area contributed by atoms with E-state index < -0.39 is 0 Å². The fourth-order valence-corrected chi connectivity index (χ4v) is 4.11. The zero-order valence-corrected chi connectivity index (χ0v) is 16.8. The van der Waals surface area contributed by atoms with Crippen molar-refractivity contribution in [3.63, 3.8) is 0 Å². The summed E-state index contributed by atoms with van der Waals surface area (Å²) in [4.78, 5) is 26.5. The highest BCUT2D eigenvalue weighted by atomic mass is 19.1. The van der Waals surface area contributed by atoms with Gasteiger partial charge in [0.1, 0.15) is 5.82 Å². The number of benzene rings is 2. The van der Waals surface area contributed by atoms with Gasteiger partial charge in [0.15, 0.2) is 0 Å². The SMILES string of the molecule is Cc1c(C(=O)N2CCC(C(N)=O)CC2)cc(-c2ccccc2)n1-c1ccc(F)cc1. The number of hydrogen-bond donors (Lipinski definition) is 1. The van der Waals surface area contributed by atoms with Crippen LogP contribution in [-0.4, -0.2) is 34.4 Å². The lowest BCUT2D eigenvalue weighted by atomic mass is 9.96. The van der Waals surface area contributed by atoms with E-state index in [-0.39, 0.29) is 23.5 Å². The van der Waals surface area contributed by atoms with Crippen molar-refractivity contribution in [1.82, 2.24) is 9.47 Å². The van der Waals surface area contributed by atoms with Crippen molar-refractivity contribution in [2.45, 2.75) is 19.8 Å². The minimum Gasteiger partial charge on any atom is -0.369 e. The van der Waals surface area contributed by atoms with Gasteiger partial charge >= 0.3 is 0 Å². The fraction of sp³-hybridized carbons (Fsp3) is 0.250. The van der Waals surface area contributed by atoms with Crippen molar-refractivity contribution in [2.24, 2.45) is 11.7 Å². The monoisotopic (exact) mass is 405 g/mol. The van der Waals surface area contributed by atoms with Crippen molar-refractivity contribution in [2.75, 3.05) is 13.1 Å². The third-order valence-electron chi connectivity index (χ3n) is 5.82. The van der Waals surface area contributed by atoms with Gasteiger partial charge in [0.2, 0.25) is 5.91 Å². The van der Waals surface area contributed by atoms with Crippen LogP contribution in [0.4, 0.5) is 4.39 Å². The van der Waals surface area contributed by atoms with Gasteiger partial charge in [0.25, 0.3) is 5.91 Å². The Morgan fingerprint density at radius 3 is 2.23 bits per heavy atom. The number of halogens is 1. The first-order valence-electron chi connectivity index (χ1n) is 10.1. The standard InChI is InChI=1S/C24H24FN3O2/c1-16-21(24(30)27-13-11-18(12-14-27)23(26)29)15-22(17-5-3-2-4-6-17)28(16)20-9-7-19(25)8-10-20/h2-10,15,18H,11-14H2,1H3,(H2,26,29). The van der Waals surface area contributed by atoms with Crippen LogP contribution in [0.1, 0.15) is 28.9 Å². The van der Waals surface area contributed by atoms with E-state index in [1.54, 1.807) is 17.0 Å². The minimum atomic E-state index is -0.307. The molecule has 0 bridgehead atoms. The van der Waals surface area contributed by atoms with Crippen LogP contribution >= 0.6 is 0 Å². The maximum absolute atomic E-state index is 13.5. The number of hydrogen-bond acceptors (Lipinski definition) is 2. The van der Waals surface area contributed by atoms with E-state index in [9.17, 15) is 14.0 Å². The molecule has 154 valence electrons. The zero-order chi connectivity index (χ0) is 21.3. The minimum absolute atomic E-state index is 0.0616. The molecule has 0 saturated carbocycles. The molecule has 2 N–H and O–H groups in total. The predicted octanol–water partition coefficient (Wildman–Crippen LogP) is 3.93. The molecule has 0 atom stereocenters. The summed E-state index contributed by atoms with van der Waals surface area (Å²) in [5.41, 5.74) is 9.45. The molecule has 0 aliphatic carbocycles. The molecule has 4 rings (SSSR count). The number of primary amides is 1.